The minimum absolute atomic E-state index is 0.241. The van der Waals surface area contributed by atoms with Gasteiger partial charge >= 0.3 is 0 Å². The second kappa shape index (κ2) is 6.53. The van der Waals surface area contributed by atoms with Crippen molar-refractivity contribution in [2.75, 3.05) is 26.3 Å². The number of rotatable bonds is 6. The van der Waals surface area contributed by atoms with Crippen molar-refractivity contribution in [1.82, 2.24) is 4.90 Å². The maximum Gasteiger partial charge on any atom is 0.222 e. The third-order valence-corrected chi connectivity index (χ3v) is 4.23. The Morgan fingerprint density at radius 3 is 2.83 bits per heavy atom. The van der Waals surface area contributed by atoms with E-state index in [2.05, 4.69) is 0 Å². The van der Waals surface area contributed by atoms with Gasteiger partial charge in [-0.25, -0.2) is 0 Å². The smallest absolute Gasteiger partial charge is 0.222 e. The average molecular weight is 255 g/mol. The van der Waals surface area contributed by atoms with Crippen LogP contribution in [0.15, 0.2) is 0 Å². The summed E-state index contributed by atoms with van der Waals surface area (Å²) in [5.41, 5.74) is 0. The molecule has 1 saturated carbocycles. The fourth-order valence-electron chi connectivity index (χ4n) is 3.07. The van der Waals surface area contributed by atoms with E-state index in [9.17, 15) is 4.79 Å². The molecule has 0 aromatic rings. The summed E-state index contributed by atoms with van der Waals surface area (Å²) < 4.78 is 5.51. The fourth-order valence-corrected chi connectivity index (χ4v) is 3.07. The molecule has 0 aromatic heterocycles. The van der Waals surface area contributed by atoms with E-state index < -0.39 is 0 Å². The van der Waals surface area contributed by atoms with E-state index in [1.807, 2.05) is 11.8 Å². The standard InChI is InChI=1S/C14H25NO3/c1-2-18-13-7-12(8-13)9-14(17)15-5-3-11(10-15)4-6-16/h11-13,16H,2-10H2,1H3. The van der Waals surface area contributed by atoms with Gasteiger partial charge in [-0.05, 0) is 44.4 Å². The van der Waals surface area contributed by atoms with Crippen LogP contribution >= 0.6 is 0 Å². The van der Waals surface area contributed by atoms with E-state index >= 15 is 0 Å². The van der Waals surface area contributed by atoms with Crippen molar-refractivity contribution in [3.05, 3.63) is 0 Å². The summed E-state index contributed by atoms with van der Waals surface area (Å²) in [5.74, 6) is 1.35. The molecule has 0 aromatic carbocycles. The highest BCUT2D eigenvalue weighted by Crippen LogP contribution is 2.33. The molecule has 1 saturated heterocycles. The maximum absolute atomic E-state index is 12.1. The first kappa shape index (κ1) is 13.8. The number of carbonyl (C=O) groups is 1. The topological polar surface area (TPSA) is 49.8 Å². The van der Waals surface area contributed by atoms with Gasteiger partial charge in [0, 0.05) is 32.7 Å². The first-order chi connectivity index (χ1) is 8.72. The third kappa shape index (κ3) is 3.45. The molecular weight excluding hydrogens is 230 g/mol. The van der Waals surface area contributed by atoms with Gasteiger partial charge in [-0.1, -0.05) is 0 Å². The molecule has 1 heterocycles. The van der Waals surface area contributed by atoms with Crippen molar-refractivity contribution in [2.45, 2.75) is 45.1 Å². The van der Waals surface area contributed by atoms with Crippen molar-refractivity contribution in [3.63, 3.8) is 0 Å². The number of ether oxygens (including phenoxy) is 1. The summed E-state index contributed by atoms with van der Waals surface area (Å²) >= 11 is 0. The normalized spacial score (nSPS) is 31.4. The van der Waals surface area contributed by atoms with Gasteiger partial charge in [0.2, 0.25) is 5.91 Å². The van der Waals surface area contributed by atoms with Crippen LogP contribution in [0.5, 0.6) is 0 Å². The molecule has 0 spiro atoms. The van der Waals surface area contributed by atoms with Gasteiger partial charge < -0.3 is 14.7 Å². The summed E-state index contributed by atoms with van der Waals surface area (Å²) in [4.78, 5) is 14.1. The van der Waals surface area contributed by atoms with Crippen LogP contribution in [0.2, 0.25) is 0 Å². The molecule has 2 aliphatic rings. The highest BCUT2D eigenvalue weighted by atomic mass is 16.5. The number of aliphatic hydroxyl groups excluding tert-OH is 1. The van der Waals surface area contributed by atoms with Crippen LogP contribution in [0.1, 0.15) is 39.0 Å². The molecule has 1 amide bonds. The molecule has 1 unspecified atom stereocenters. The van der Waals surface area contributed by atoms with Crippen LogP contribution in [0.4, 0.5) is 0 Å². The number of likely N-dealkylation sites (tertiary alicyclic amines) is 1. The third-order valence-electron chi connectivity index (χ3n) is 4.23. The van der Waals surface area contributed by atoms with Gasteiger partial charge in [-0.15, -0.1) is 0 Å². The van der Waals surface area contributed by atoms with Gasteiger partial charge in [0.25, 0.3) is 0 Å². The Bertz CT molecular complexity index is 276. The van der Waals surface area contributed by atoms with Gasteiger partial charge in [0.1, 0.15) is 0 Å². The zero-order valence-corrected chi connectivity index (χ0v) is 11.3. The Hall–Kier alpha value is -0.610. The summed E-state index contributed by atoms with van der Waals surface area (Å²) in [7, 11) is 0. The summed E-state index contributed by atoms with van der Waals surface area (Å²) in [6, 6.07) is 0. The Kier molecular flexibility index (Phi) is 5.01. The molecule has 18 heavy (non-hydrogen) atoms. The minimum atomic E-state index is 0.241. The lowest BCUT2D eigenvalue weighted by Gasteiger charge is -2.35. The zero-order chi connectivity index (χ0) is 13.0. The van der Waals surface area contributed by atoms with E-state index in [-0.39, 0.29) is 6.61 Å². The fraction of sp³-hybridized carbons (Fsp3) is 0.929. The summed E-state index contributed by atoms with van der Waals surface area (Å²) in [6.07, 6.45) is 5.07. The highest BCUT2D eigenvalue weighted by Gasteiger charge is 2.33. The van der Waals surface area contributed by atoms with E-state index in [0.717, 1.165) is 45.4 Å². The molecule has 1 N–H and O–H groups in total. The SMILES string of the molecule is CCOC1CC(CC(=O)N2CCC(CCO)C2)C1. The number of hydrogen-bond acceptors (Lipinski definition) is 3. The first-order valence-electron chi connectivity index (χ1n) is 7.23. The van der Waals surface area contributed by atoms with Crippen LogP contribution in [0.25, 0.3) is 0 Å². The van der Waals surface area contributed by atoms with Gasteiger partial charge in [0.05, 0.1) is 6.10 Å². The molecule has 104 valence electrons. The Balaban J connectivity index is 1.64. The van der Waals surface area contributed by atoms with Crippen molar-refractivity contribution < 1.29 is 14.6 Å². The number of carbonyl (C=O) groups excluding carboxylic acids is 1. The molecule has 1 atom stereocenters. The Morgan fingerprint density at radius 1 is 1.39 bits per heavy atom. The van der Waals surface area contributed by atoms with Crippen LogP contribution < -0.4 is 0 Å². The van der Waals surface area contributed by atoms with Crippen LogP contribution in [-0.2, 0) is 9.53 Å². The Morgan fingerprint density at radius 2 is 2.17 bits per heavy atom. The van der Waals surface area contributed by atoms with Crippen LogP contribution in [-0.4, -0.2) is 48.3 Å². The number of nitrogens with zero attached hydrogens (tertiary/aromatic N) is 1. The summed E-state index contributed by atoms with van der Waals surface area (Å²) in [5, 5.41) is 8.91. The molecular formula is C14H25NO3. The number of amides is 1. The lowest BCUT2D eigenvalue weighted by atomic mass is 9.80. The average Bonchev–Trinajstić information content (AvgIpc) is 2.75. The van der Waals surface area contributed by atoms with Gasteiger partial charge in [0.15, 0.2) is 0 Å². The number of aliphatic hydroxyl groups is 1. The largest absolute Gasteiger partial charge is 0.396 e. The Labute approximate surface area is 109 Å². The van der Waals surface area contributed by atoms with E-state index in [0.29, 0.717) is 30.3 Å². The minimum Gasteiger partial charge on any atom is -0.396 e. The van der Waals surface area contributed by atoms with E-state index in [4.69, 9.17) is 9.84 Å². The van der Waals surface area contributed by atoms with Gasteiger partial charge in [-0.3, -0.25) is 4.79 Å². The second-order valence-electron chi connectivity index (χ2n) is 5.63. The predicted molar refractivity (Wildman–Crippen MR) is 69.1 cm³/mol. The summed E-state index contributed by atoms with van der Waals surface area (Å²) in [6.45, 7) is 4.77. The van der Waals surface area contributed by atoms with Crippen LogP contribution in [0, 0.1) is 11.8 Å². The van der Waals surface area contributed by atoms with E-state index in [1.54, 1.807) is 0 Å². The van der Waals surface area contributed by atoms with E-state index in [1.165, 1.54) is 0 Å². The lowest BCUT2D eigenvalue weighted by Crippen LogP contribution is -2.37. The monoisotopic (exact) mass is 255 g/mol. The molecule has 1 aliphatic carbocycles. The molecule has 1 aliphatic heterocycles. The molecule has 0 bridgehead atoms. The molecule has 4 heteroatoms. The zero-order valence-electron chi connectivity index (χ0n) is 11.3. The van der Waals surface area contributed by atoms with Gasteiger partial charge in [-0.2, -0.15) is 0 Å². The van der Waals surface area contributed by atoms with Crippen molar-refractivity contribution >= 4 is 5.91 Å². The number of hydrogen-bond donors (Lipinski definition) is 1. The predicted octanol–water partition coefficient (Wildman–Crippen LogP) is 1.42. The highest BCUT2D eigenvalue weighted by molar-refractivity contribution is 5.76. The second-order valence-corrected chi connectivity index (χ2v) is 5.63. The van der Waals surface area contributed by atoms with Crippen molar-refractivity contribution in [1.29, 1.82) is 0 Å². The van der Waals surface area contributed by atoms with Crippen molar-refractivity contribution in [3.8, 4) is 0 Å². The van der Waals surface area contributed by atoms with Crippen LogP contribution in [0.3, 0.4) is 0 Å². The lowest BCUT2D eigenvalue weighted by molar-refractivity contribution is -0.133. The maximum atomic E-state index is 12.1. The van der Waals surface area contributed by atoms with Crippen molar-refractivity contribution in [2.24, 2.45) is 11.8 Å². The quantitative estimate of drug-likeness (QED) is 0.781. The molecule has 2 fully saturated rings. The molecule has 2 rings (SSSR count). The first-order valence-corrected chi connectivity index (χ1v) is 7.23. The molecule has 0 radical (unpaired) electrons. The molecule has 4 nitrogen and oxygen atoms in total.